The second-order valence-corrected chi connectivity index (χ2v) is 9.62. The molecule has 0 radical (unpaired) electrons. The van der Waals surface area contributed by atoms with E-state index in [0.717, 1.165) is 24.4 Å². The number of halogens is 1. The molecule has 0 spiro atoms. The van der Waals surface area contributed by atoms with Crippen molar-refractivity contribution in [1.82, 2.24) is 0 Å². The van der Waals surface area contributed by atoms with E-state index in [1.54, 1.807) is 0 Å². The van der Waals surface area contributed by atoms with E-state index in [1.165, 1.54) is 22.4 Å². The highest BCUT2D eigenvalue weighted by Gasteiger charge is 2.35. The van der Waals surface area contributed by atoms with Crippen molar-refractivity contribution in [2.45, 2.75) is 52.5 Å². The predicted octanol–water partition coefficient (Wildman–Crippen LogP) is 8.30. The van der Waals surface area contributed by atoms with Gasteiger partial charge >= 0.3 is 0 Å². The lowest BCUT2D eigenvalue weighted by atomic mass is 9.79. The van der Waals surface area contributed by atoms with E-state index in [0.29, 0.717) is 16.7 Å². The minimum absolute atomic E-state index is 0.178. The third kappa shape index (κ3) is 4.54. The first kappa shape index (κ1) is 22.4. The number of aliphatic imine (C=N–C) groups is 1. The van der Waals surface area contributed by atoms with Crippen LogP contribution in [0.25, 0.3) is 0 Å². The van der Waals surface area contributed by atoms with Crippen LogP contribution in [0.1, 0.15) is 56.7 Å². The van der Waals surface area contributed by atoms with Crippen molar-refractivity contribution in [2.75, 3.05) is 11.4 Å². The Labute approximate surface area is 196 Å². The molecule has 1 unspecified atom stereocenters. The lowest BCUT2D eigenvalue weighted by Gasteiger charge is -2.47. The standard InChI is InChI=1S/C28H31ClN2O/c1-6-31-26-15-19(2)21(16-24(26)20(3)17-28(31,4)5)18-30-22-11-13-23(14-12-22)32-27-10-8-7-9-25(27)29/h7-16,18,20H,6,17H2,1-5H3. The number of rotatable bonds is 5. The van der Waals surface area contributed by atoms with Gasteiger partial charge in [0.2, 0.25) is 0 Å². The normalized spacial score (nSPS) is 17.4. The number of para-hydroxylation sites is 1. The molecule has 0 amide bonds. The van der Waals surface area contributed by atoms with Crippen molar-refractivity contribution in [2.24, 2.45) is 4.99 Å². The molecule has 0 saturated carbocycles. The van der Waals surface area contributed by atoms with Crippen LogP contribution in [0, 0.1) is 6.92 Å². The second kappa shape index (κ2) is 8.99. The van der Waals surface area contributed by atoms with Crippen molar-refractivity contribution in [3.05, 3.63) is 82.4 Å². The van der Waals surface area contributed by atoms with Crippen molar-refractivity contribution in [3.8, 4) is 11.5 Å². The number of nitrogens with zero attached hydrogens (tertiary/aromatic N) is 2. The van der Waals surface area contributed by atoms with Crippen molar-refractivity contribution >= 4 is 29.2 Å². The number of ether oxygens (including phenoxy) is 1. The second-order valence-electron chi connectivity index (χ2n) is 9.21. The van der Waals surface area contributed by atoms with Crippen LogP contribution in [0.5, 0.6) is 11.5 Å². The summed E-state index contributed by atoms with van der Waals surface area (Å²) in [6.45, 7) is 12.5. The van der Waals surface area contributed by atoms with Gasteiger partial charge in [0.15, 0.2) is 0 Å². The Kier molecular flexibility index (Phi) is 6.30. The Bertz CT molecular complexity index is 1130. The molecule has 0 fully saturated rings. The Balaban J connectivity index is 1.55. The molecular weight excluding hydrogens is 416 g/mol. The van der Waals surface area contributed by atoms with Crippen LogP contribution in [0.2, 0.25) is 5.02 Å². The Morgan fingerprint density at radius 1 is 1.12 bits per heavy atom. The van der Waals surface area contributed by atoms with E-state index in [2.05, 4.69) is 51.7 Å². The number of aryl methyl sites for hydroxylation is 1. The average Bonchev–Trinajstić information content (AvgIpc) is 2.75. The minimum Gasteiger partial charge on any atom is -0.456 e. The molecule has 32 heavy (non-hydrogen) atoms. The van der Waals surface area contributed by atoms with Gasteiger partial charge in [0.05, 0.1) is 10.7 Å². The van der Waals surface area contributed by atoms with Gasteiger partial charge in [-0.3, -0.25) is 4.99 Å². The molecule has 0 saturated heterocycles. The summed E-state index contributed by atoms with van der Waals surface area (Å²) in [4.78, 5) is 7.26. The van der Waals surface area contributed by atoms with Crippen molar-refractivity contribution in [1.29, 1.82) is 0 Å². The Morgan fingerprint density at radius 3 is 2.53 bits per heavy atom. The number of hydrogen-bond donors (Lipinski definition) is 0. The first-order valence-electron chi connectivity index (χ1n) is 11.3. The summed E-state index contributed by atoms with van der Waals surface area (Å²) in [6, 6.07) is 19.9. The molecule has 0 aromatic heterocycles. The minimum atomic E-state index is 0.178. The highest BCUT2D eigenvalue weighted by molar-refractivity contribution is 6.32. The van der Waals surface area contributed by atoms with E-state index in [-0.39, 0.29) is 5.54 Å². The first-order chi connectivity index (χ1) is 15.3. The van der Waals surface area contributed by atoms with Crippen LogP contribution in [-0.2, 0) is 0 Å². The van der Waals surface area contributed by atoms with Crippen LogP contribution in [-0.4, -0.2) is 18.3 Å². The fourth-order valence-electron chi connectivity index (χ4n) is 4.79. The van der Waals surface area contributed by atoms with Crippen LogP contribution in [0.15, 0.2) is 65.7 Å². The van der Waals surface area contributed by atoms with E-state index in [4.69, 9.17) is 21.3 Å². The third-order valence-corrected chi connectivity index (χ3v) is 6.66. The predicted molar refractivity (Wildman–Crippen MR) is 137 cm³/mol. The van der Waals surface area contributed by atoms with Gasteiger partial charge in [-0.15, -0.1) is 0 Å². The van der Waals surface area contributed by atoms with E-state index in [1.807, 2.05) is 54.7 Å². The van der Waals surface area contributed by atoms with Crippen LogP contribution in [0.3, 0.4) is 0 Å². The average molecular weight is 447 g/mol. The summed E-state index contributed by atoms with van der Waals surface area (Å²) >= 11 is 6.18. The number of anilines is 1. The molecule has 3 nitrogen and oxygen atoms in total. The summed E-state index contributed by atoms with van der Waals surface area (Å²) in [7, 11) is 0. The maximum Gasteiger partial charge on any atom is 0.146 e. The fourth-order valence-corrected chi connectivity index (χ4v) is 4.96. The van der Waals surface area contributed by atoms with Crippen LogP contribution in [0.4, 0.5) is 11.4 Å². The fraction of sp³-hybridized carbons (Fsp3) is 0.321. The number of benzene rings is 3. The summed E-state index contributed by atoms with van der Waals surface area (Å²) in [5.41, 5.74) is 6.26. The van der Waals surface area contributed by atoms with Gasteiger partial charge in [-0.1, -0.05) is 30.7 Å². The molecule has 4 heteroatoms. The first-order valence-corrected chi connectivity index (χ1v) is 11.6. The Morgan fingerprint density at radius 2 is 1.84 bits per heavy atom. The van der Waals surface area contributed by atoms with Crippen molar-refractivity contribution < 1.29 is 4.74 Å². The lowest BCUT2D eigenvalue weighted by Crippen LogP contribution is -2.48. The van der Waals surface area contributed by atoms with Gasteiger partial charge in [0, 0.05) is 24.0 Å². The lowest BCUT2D eigenvalue weighted by molar-refractivity contribution is 0.381. The smallest absolute Gasteiger partial charge is 0.146 e. The van der Waals surface area contributed by atoms with Gasteiger partial charge in [0.25, 0.3) is 0 Å². The topological polar surface area (TPSA) is 24.8 Å². The molecule has 3 aromatic rings. The summed E-state index contributed by atoms with van der Waals surface area (Å²) in [6.07, 6.45) is 3.13. The summed E-state index contributed by atoms with van der Waals surface area (Å²) in [5.74, 6) is 1.91. The maximum absolute atomic E-state index is 6.18. The molecule has 1 heterocycles. The van der Waals surface area contributed by atoms with E-state index in [9.17, 15) is 0 Å². The molecule has 1 aliphatic heterocycles. The number of hydrogen-bond acceptors (Lipinski definition) is 3. The molecule has 1 aliphatic rings. The van der Waals surface area contributed by atoms with Gasteiger partial charge in [-0.25, -0.2) is 0 Å². The SMILES string of the molecule is CCN1c2cc(C)c(C=Nc3ccc(Oc4ccccc4Cl)cc3)cc2C(C)CC1(C)C. The molecule has 0 bridgehead atoms. The molecule has 1 atom stereocenters. The molecule has 4 rings (SSSR count). The highest BCUT2D eigenvalue weighted by Crippen LogP contribution is 2.44. The van der Waals surface area contributed by atoms with Gasteiger partial charge in [-0.2, -0.15) is 0 Å². The summed E-state index contributed by atoms with van der Waals surface area (Å²) < 4.78 is 5.87. The third-order valence-electron chi connectivity index (χ3n) is 6.34. The summed E-state index contributed by atoms with van der Waals surface area (Å²) in [5, 5.41) is 0.594. The zero-order chi connectivity index (χ0) is 22.9. The molecule has 166 valence electrons. The molecular formula is C28H31ClN2O. The van der Waals surface area contributed by atoms with Crippen LogP contribution < -0.4 is 9.64 Å². The van der Waals surface area contributed by atoms with Gasteiger partial charge < -0.3 is 9.64 Å². The monoisotopic (exact) mass is 446 g/mol. The quantitative estimate of drug-likeness (QED) is 0.368. The Hall–Kier alpha value is -2.78. The van der Waals surface area contributed by atoms with Crippen LogP contribution >= 0.6 is 11.6 Å². The zero-order valence-corrected chi connectivity index (χ0v) is 20.3. The zero-order valence-electron chi connectivity index (χ0n) is 19.5. The van der Waals surface area contributed by atoms with Gasteiger partial charge in [-0.05, 0) is 105 Å². The molecule has 0 aliphatic carbocycles. The van der Waals surface area contributed by atoms with E-state index >= 15 is 0 Å². The van der Waals surface area contributed by atoms with Gasteiger partial charge in [0.1, 0.15) is 11.5 Å². The highest BCUT2D eigenvalue weighted by atomic mass is 35.5. The molecule has 3 aromatic carbocycles. The van der Waals surface area contributed by atoms with Crippen molar-refractivity contribution in [3.63, 3.8) is 0 Å². The maximum atomic E-state index is 6.18. The largest absolute Gasteiger partial charge is 0.456 e. The van der Waals surface area contributed by atoms with E-state index < -0.39 is 0 Å². The molecule has 0 N–H and O–H groups in total. The number of fused-ring (bicyclic) bond motifs is 1.